The molecule has 5 heteroatoms. The zero-order chi connectivity index (χ0) is 16.9. The van der Waals surface area contributed by atoms with Gasteiger partial charge < -0.3 is 10.6 Å². The molecule has 0 bridgehead atoms. The van der Waals surface area contributed by atoms with Crippen LogP contribution in [0.25, 0.3) is 0 Å². The number of urea groups is 1. The molecule has 0 spiro atoms. The van der Waals surface area contributed by atoms with Crippen molar-refractivity contribution in [3.63, 3.8) is 0 Å². The molecular weight excluding hydrogens is 310 g/mol. The number of halogens is 1. The Morgan fingerprint density at radius 1 is 1.22 bits per heavy atom. The summed E-state index contributed by atoms with van der Waals surface area (Å²) in [5, 5.41) is 15.1. The molecule has 0 aliphatic heterocycles. The van der Waals surface area contributed by atoms with Crippen LogP contribution in [0.2, 0.25) is 5.02 Å². The molecule has 0 aliphatic rings. The molecule has 4 nitrogen and oxygen atoms in total. The van der Waals surface area contributed by atoms with Crippen molar-refractivity contribution in [2.45, 2.75) is 19.3 Å². The fraction of sp³-hybridized carbons (Fsp3) is 0.222. The molecule has 2 amide bonds. The Hall–Kier alpha value is -2.51. The average Bonchev–Trinajstić information content (AvgIpc) is 2.54. The molecule has 0 aliphatic carbocycles. The Balaban J connectivity index is 1.95. The van der Waals surface area contributed by atoms with Gasteiger partial charge in [-0.15, -0.1) is 0 Å². The highest BCUT2D eigenvalue weighted by molar-refractivity contribution is 6.30. The maximum atomic E-state index is 12.0. The minimum atomic E-state index is -0.304. The van der Waals surface area contributed by atoms with E-state index in [2.05, 4.69) is 10.6 Å². The molecule has 0 saturated carbocycles. The van der Waals surface area contributed by atoms with Gasteiger partial charge in [-0.3, -0.25) is 0 Å². The van der Waals surface area contributed by atoms with Crippen molar-refractivity contribution in [2.75, 3.05) is 11.9 Å². The number of anilines is 1. The lowest BCUT2D eigenvalue weighted by Crippen LogP contribution is -2.38. The molecule has 2 N–H and O–H groups in total. The number of nitrogens with one attached hydrogen (secondary N) is 2. The minimum absolute atomic E-state index is 0.226. The van der Waals surface area contributed by atoms with Crippen LogP contribution in [0.4, 0.5) is 10.5 Å². The predicted molar refractivity (Wildman–Crippen MR) is 92.7 cm³/mol. The van der Waals surface area contributed by atoms with Gasteiger partial charge in [-0.05, 0) is 35.9 Å². The van der Waals surface area contributed by atoms with Crippen molar-refractivity contribution >= 4 is 23.3 Å². The Bertz CT molecular complexity index is 733. The quantitative estimate of drug-likeness (QED) is 0.878. The number of nitriles is 1. The van der Waals surface area contributed by atoms with Gasteiger partial charge in [0, 0.05) is 22.7 Å². The topological polar surface area (TPSA) is 64.9 Å². The first-order valence-electron chi connectivity index (χ1n) is 7.22. The molecule has 23 heavy (non-hydrogen) atoms. The number of carbonyl (C=O) groups excluding carboxylic acids is 1. The van der Waals surface area contributed by atoms with Crippen LogP contribution >= 0.6 is 11.6 Å². The largest absolute Gasteiger partial charge is 0.337 e. The second-order valence-electron chi connectivity index (χ2n) is 5.89. The number of rotatable bonds is 4. The molecule has 0 radical (unpaired) electrons. The van der Waals surface area contributed by atoms with Gasteiger partial charge in [-0.2, -0.15) is 5.26 Å². The van der Waals surface area contributed by atoms with Crippen LogP contribution in [0, 0.1) is 11.3 Å². The predicted octanol–water partition coefficient (Wildman–Crippen LogP) is 4.31. The van der Waals surface area contributed by atoms with Crippen molar-refractivity contribution < 1.29 is 4.79 Å². The zero-order valence-corrected chi connectivity index (χ0v) is 13.8. The summed E-state index contributed by atoms with van der Waals surface area (Å²) in [6.07, 6.45) is 0. The van der Waals surface area contributed by atoms with Gasteiger partial charge >= 0.3 is 6.03 Å². The van der Waals surface area contributed by atoms with E-state index in [0.29, 0.717) is 22.8 Å². The number of hydrogen-bond acceptors (Lipinski definition) is 2. The number of nitrogens with zero attached hydrogens (tertiary/aromatic N) is 1. The first-order chi connectivity index (χ1) is 10.9. The number of carbonyl (C=O) groups is 1. The van der Waals surface area contributed by atoms with Gasteiger partial charge in [0.15, 0.2) is 0 Å². The third kappa shape index (κ3) is 4.73. The second kappa shape index (κ2) is 7.17. The van der Waals surface area contributed by atoms with Crippen LogP contribution in [0.3, 0.4) is 0 Å². The number of hydrogen-bond donors (Lipinski definition) is 2. The third-order valence-electron chi connectivity index (χ3n) is 3.57. The van der Waals surface area contributed by atoms with E-state index < -0.39 is 0 Å². The highest BCUT2D eigenvalue weighted by Gasteiger charge is 2.21. The molecule has 2 rings (SSSR count). The lowest BCUT2D eigenvalue weighted by atomic mass is 9.85. The second-order valence-corrected chi connectivity index (χ2v) is 6.33. The van der Waals surface area contributed by atoms with E-state index in [9.17, 15) is 4.79 Å². The maximum Gasteiger partial charge on any atom is 0.319 e. The summed E-state index contributed by atoms with van der Waals surface area (Å²) in [4.78, 5) is 12.0. The summed E-state index contributed by atoms with van der Waals surface area (Å²) < 4.78 is 0. The van der Waals surface area contributed by atoms with Crippen LogP contribution in [-0.2, 0) is 5.41 Å². The minimum Gasteiger partial charge on any atom is -0.337 e. The summed E-state index contributed by atoms with van der Waals surface area (Å²) in [5.74, 6) is 0. The van der Waals surface area contributed by atoms with E-state index in [4.69, 9.17) is 16.9 Å². The summed E-state index contributed by atoms with van der Waals surface area (Å²) in [6.45, 7) is 4.57. The molecule has 0 aromatic heterocycles. The van der Waals surface area contributed by atoms with Crippen molar-refractivity contribution in [1.29, 1.82) is 5.26 Å². The third-order valence-corrected chi connectivity index (χ3v) is 3.82. The molecule has 0 saturated heterocycles. The SMILES string of the molecule is CC(C)(CNC(=O)Nc1cccc(C#N)c1)c1ccc(Cl)cc1. The van der Waals surface area contributed by atoms with Crippen LogP contribution < -0.4 is 10.6 Å². The Morgan fingerprint density at radius 3 is 2.57 bits per heavy atom. The standard InChI is InChI=1S/C18H18ClN3O/c1-18(2,14-6-8-15(19)9-7-14)12-21-17(23)22-16-5-3-4-13(10-16)11-20/h3-10H,12H2,1-2H3,(H2,21,22,23). The van der Waals surface area contributed by atoms with Gasteiger partial charge in [-0.25, -0.2) is 4.79 Å². The normalized spacial score (nSPS) is 10.7. The van der Waals surface area contributed by atoms with E-state index in [1.165, 1.54) is 0 Å². The van der Waals surface area contributed by atoms with Gasteiger partial charge in [0.2, 0.25) is 0 Å². The molecule has 2 aromatic rings. The Morgan fingerprint density at radius 2 is 1.91 bits per heavy atom. The van der Waals surface area contributed by atoms with Crippen LogP contribution in [-0.4, -0.2) is 12.6 Å². The van der Waals surface area contributed by atoms with Crippen molar-refractivity contribution in [3.8, 4) is 6.07 Å². The Labute approximate surface area is 141 Å². The highest BCUT2D eigenvalue weighted by Crippen LogP contribution is 2.23. The fourth-order valence-electron chi connectivity index (χ4n) is 2.15. The van der Waals surface area contributed by atoms with Crippen molar-refractivity contribution in [3.05, 3.63) is 64.7 Å². The maximum absolute atomic E-state index is 12.0. The first kappa shape index (κ1) is 16.9. The zero-order valence-electron chi connectivity index (χ0n) is 13.1. The smallest absolute Gasteiger partial charge is 0.319 e. The molecule has 0 fully saturated rings. The van der Waals surface area contributed by atoms with E-state index in [0.717, 1.165) is 5.56 Å². The van der Waals surface area contributed by atoms with Gasteiger partial charge in [-0.1, -0.05) is 43.6 Å². The van der Waals surface area contributed by atoms with Crippen molar-refractivity contribution in [1.82, 2.24) is 5.32 Å². The number of amides is 2. The van der Waals surface area contributed by atoms with E-state index in [1.807, 2.05) is 44.2 Å². The van der Waals surface area contributed by atoms with E-state index in [-0.39, 0.29) is 11.4 Å². The first-order valence-corrected chi connectivity index (χ1v) is 7.59. The summed E-state index contributed by atoms with van der Waals surface area (Å²) in [5.41, 5.74) is 1.96. The van der Waals surface area contributed by atoms with Gasteiger partial charge in [0.1, 0.15) is 0 Å². The molecular formula is C18H18ClN3O. The summed E-state index contributed by atoms with van der Waals surface area (Å²) >= 11 is 5.90. The highest BCUT2D eigenvalue weighted by atomic mass is 35.5. The lowest BCUT2D eigenvalue weighted by molar-refractivity contribution is 0.249. The summed E-state index contributed by atoms with van der Waals surface area (Å²) in [6, 6.07) is 16.1. The van der Waals surface area contributed by atoms with Crippen molar-refractivity contribution in [2.24, 2.45) is 0 Å². The molecule has 2 aromatic carbocycles. The molecule has 0 heterocycles. The molecule has 0 atom stereocenters. The fourth-order valence-corrected chi connectivity index (χ4v) is 2.27. The summed E-state index contributed by atoms with van der Waals surface area (Å²) in [7, 11) is 0. The van der Waals surface area contributed by atoms with Crippen LogP contribution in [0.5, 0.6) is 0 Å². The number of benzene rings is 2. The van der Waals surface area contributed by atoms with E-state index in [1.54, 1.807) is 24.3 Å². The average molecular weight is 328 g/mol. The van der Waals surface area contributed by atoms with E-state index >= 15 is 0 Å². The van der Waals surface area contributed by atoms with Gasteiger partial charge in [0.25, 0.3) is 0 Å². The monoisotopic (exact) mass is 327 g/mol. The lowest BCUT2D eigenvalue weighted by Gasteiger charge is -2.25. The Kier molecular flexibility index (Phi) is 5.25. The van der Waals surface area contributed by atoms with Crippen LogP contribution in [0.15, 0.2) is 48.5 Å². The van der Waals surface area contributed by atoms with Crippen LogP contribution in [0.1, 0.15) is 25.0 Å². The molecule has 0 unspecified atom stereocenters. The molecule has 118 valence electrons. The van der Waals surface area contributed by atoms with Gasteiger partial charge in [0.05, 0.1) is 11.6 Å².